The summed E-state index contributed by atoms with van der Waals surface area (Å²) in [7, 11) is 0. The van der Waals surface area contributed by atoms with Gasteiger partial charge in [0, 0.05) is 12.5 Å². The molecule has 6 heteroatoms. The number of nitrogen functional groups attached to an aromatic ring is 1. The molecule has 0 radical (unpaired) electrons. The average molecular weight is 223 g/mol. The molecule has 0 bridgehead atoms. The zero-order valence-electron chi connectivity index (χ0n) is 7.77. The Bertz CT molecular complexity index is 373. The molecule has 0 saturated carbocycles. The van der Waals surface area contributed by atoms with Crippen LogP contribution in [0, 0.1) is 0 Å². The summed E-state index contributed by atoms with van der Waals surface area (Å²) in [5, 5.41) is 8.95. The summed E-state index contributed by atoms with van der Waals surface area (Å²) in [6.45, 7) is 0.121. The van der Waals surface area contributed by atoms with Gasteiger partial charge in [0.2, 0.25) is 0 Å². The van der Waals surface area contributed by atoms with Gasteiger partial charge < -0.3 is 10.8 Å². The maximum Gasteiger partial charge on any atom is 0.335 e. The van der Waals surface area contributed by atoms with Crippen LogP contribution in [-0.2, 0) is 5.92 Å². The lowest BCUT2D eigenvalue weighted by molar-refractivity contribution is -0.204. The van der Waals surface area contributed by atoms with E-state index in [1.54, 1.807) is 0 Å². The molecule has 0 unspecified atom stereocenters. The van der Waals surface area contributed by atoms with Crippen molar-refractivity contribution in [1.29, 1.82) is 0 Å². The van der Waals surface area contributed by atoms with Crippen LogP contribution in [0.4, 0.5) is 23.2 Å². The average Bonchev–Trinajstić information content (AvgIpc) is 2.07. The monoisotopic (exact) mass is 223 g/mol. The highest BCUT2D eigenvalue weighted by Crippen LogP contribution is 2.43. The maximum atomic E-state index is 13.1. The smallest absolute Gasteiger partial charge is 0.335 e. The highest BCUT2D eigenvalue weighted by molar-refractivity contribution is 5.54. The fourth-order valence-corrected chi connectivity index (χ4v) is 1.00. The van der Waals surface area contributed by atoms with Gasteiger partial charge in [-0.2, -0.15) is 17.6 Å². The van der Waals surface area contributed by atoms with Crippen LogP contribution < -0.4 is 5.73 Å². The second-order valence-corrected chi connectivity index (χ2v) is 3.24. The lowest BCUT2D eigenvalue weighted by Gasteiger charge is -2.23. The SMILES string of the molecule is CC(F)(F)C(F)(F)c1ccc(O)c(N)c1. The number of hydrogen-bond acceptors (Lipinski definition) is 2. The van der Waals surface area contributed by atoms with Crippen molar-refractivity contribution >= 4 is 5.69 Å². The van der Waals surface area contributed by atoms with E-state index in [0.717, 1.165) is 6.07 Å². The lowest BCUT2D eigenvalue weighted by atomic mass is 10.0. The van der Waals surface area contributed by atoms with Crippen LogP contribution in [0.1, 0.15) is 12.5 Å². The first-order valence-electron chi connectivity index (χ1n) is 4.01. The van der Waals surface area contributed by atoms with Crippen LogP contribution in [0.25, 0.3) is 0 Å². The molecule has 0 spiro atoms. The molecule has 0 aliphatic heterocycles. The highest BCUT2D eigenvalue weighted by Gasteiger charge is 2.53. The number of phenolic OH excluding ortho intramolecular Hbond substituents is 1. The molecule has 0 aliphatic rings. The Morgan fingerprint density at radius 3 is 2.13 bits per heavy atom. The first-order chi connectivity index (χ1) is 6.66. The zero-order chi connectivity index (χ0) is 11.9. The van der Waals surface area contributed by atoms with E-state index in [1.165, 1.54) is 0 Å². The van der Waals surface area contributed by atoms with E-state index in [0.29, 0.717) is 12.1 Å². The lowest BCUT2D eigenvalue weighted by Crippen LogP contribution is -2.34. The van der Waals surface area contributed by atoms with Crippen molar-refractivity contribution < 1.29 is 22.7 Å². The molecule has 0 fully saturated rings. The van der Waals surface area contributed by atoms with Crippen molar-refractivity contribution in [3.8, 4) is 5.75 Å². The van der Waals surface area contributed by atoms with Crippen molar-refractivity contribution in [3.63, 3.8) is 0 Å². The van der Waals surface area contributed by atoms with Gasteiger partial charge >= 0.3 is 11.8 Å². The number of benzene rings is 1. The molecule has 1 aromatic carbocycles. The molecule has 0 atom stereocenters. The topological polar surface area (TPSA) is 46.2 Å². The van der Waals surface area contributed by atoms with Crippen LogP contribution in [0.3, 0.4) is 0 Å². The number of phenols is 1. The molecule has 15 heavy (non-hydrogen) atoms. The summed E-state index contributed by atoms with van der Waals surface area (Å²) >= 11 is 0. The van der Waals surface area contributed by atoms with E-state index in [2.05, 4.69) is 0 Å². The molecule has 84 valence electrons. The summed E-state index contributed by atoms with van der Waals surface area (Å²) in [6.07, 6.45) is 0. The number of anilines is 1. The molecule has 0 saturated heterocycles. The quantitative estimate of drug-likeness (QED) is 0.460. The molecule has 1 rings (SSSR count). The third kappa shape index (κ3) is 1.98. The molecule has 1 aromatic rings. The second kappa shape index (κ2) is 3.29. The number of rotatable bonds is 2. The van der Waals surface area contributed by atoms with Crippen molar-refractivity contribution in [1.82, 2.24) is 0 Å². The number of hydrogen-bond donors (Lipinski definition) is 2. The summed E-state index contributed by atoms with van der Waals surface area (Å²) in [5.74, 6) is -8.92. The van der Waals surface area contributed by atoms with Crippen molar-refractivity contribution in [3.05, 3.63) is 23.8 Å². The van der Waals surface area contributed by atoms with Crippen LogP contribution in [-0.4, -0.2) is 11.0 Å². The van der Waals surface area contributed by atoms with Crippen LogP contribution in [0.15, 0.2) is 18.2 Å². The van der Waals surface area contributed by atoms with Gasteiger partial charge in [0.15, 0.2) is 0 Å². The Kier molecular flexibility index (Phi) is 2.54. The normalized spacial score (nSPS) is 12.9. The van der Waals surface area contributed by atoms with Gasteiger partial charge in [0.25, 0.3) is 0 Å². The van der Waals surface area contributed by atoms with Gasteiger partial charge in [0.05, 0.1) is 5.69 Å². The van der Waals surface area contributed by atoms with E-state index in [-0.39, 0.29) is 12.6 Å². The van der Waals surface area contributed by atoms with Crippen LogP contribution in [0.2, 0.25) is 0 Å². The molecular formula is C9H9F4NO. The Morgan fingerprint density at radius 2 is 1.73 bits per heavy atom. The van der Waals surface area contributed by atoms with Gasteiger partial charge in [-0.15, -0.1) is 0 Å². The molecule has 0 heterocycles. The molecule has 0 amide bonds. The fourth-order valence-electron chi connectivity index (χ4n) is 1.00. The molecule has 0 aromatic heterocycles. The van der Waals surface area contributed by atoms with Gasteiger partial charge in [-0.05, 0) is 18.2 Å². The predicted molar refractivity (Wildman–Crippen MR) is 47.0 cm³/mol. The first-order valence-corrected chi connectivity index (χ1v) is 4.01. The fraction of sp³-hybridized carbons (Fsp3) is 0.333. The Morgan fingerprint density at radius 1 is 1.20 bits per heavy atom. The second-order valence-electron chi connectivity index (χ2n) is 3.24. The van der Waals surface area contributed by atoms with E-state index >= 15 is 0 Å². The summed E-state index contributed by atoms with van der Waals surface area (Å²) in [4.78, 5) is 0. The van der Waals surface area contributed by atoms with E-state index < -0.39 is 23.2 Å². The number of alkyl halides is 4. The molecule has 0 aliphatic carbocycles. The number of aromatic hydroxyl groups is 1. The van der Waals surface area contributed by atoms with Crippen molar-refractivity contribution in [2.45, 2.75) is 18.8 Å². The predicted octanol–water partition coefficient (Wildman–Crippen LogP) is 2.72. The van der Waals surface area contributed by atoms with Gasteiger partial charge in [-0.1, -0.05) is 0 Å². The van der Waals surface area contributed by atoms with E-state index in [9.17, 15) is 17.6 Å². The molecular weight excluding hydrogens is 214 g/mol. The minimum atomic E-state index is -4.31. The van der Waals surface area contributed by atoms with E-state index in [4.69, 9.17) is 10.8 Å². The van der Waals surface area contributed by atoms with Crippen molar-refractivity contribution in [2.24, 2.45) is 0 Å². The molecule has 3 N–H and O–H groups in total. The van der Waals surface area contributed by atoms with Gasteiger partial charge in [-0.3, -0.25) is 0 Å². The minimum Gasteiger partial charge on any atom is -0.506 e. The third-order valence-corrected chi connectivity index (χ3v) is 1.94. The third-order valence-electron chi connectivity index (χ3n) is 1.94. The standard InChI is InChI=1S/C9H9F4NO/c1-8(10,11)9(12,13)5-2-3-7(15)6(14)4-5/h2-4,15H,14H2,1H3. The Balaban J connectivity index is 3.22. The summed E-state index contributed by atoms with van der Waals surface area (Å²) < 4.78 is 51.3. The minimum absolute atomic E-state index is 0.121. The number of halogens is 4. The largest absolute Gasteiger partial charge is 0.506 e. The maximum absolute atomic E-state index is 13.1. The highest BCUT2D eigenvalue weighted by atomic mass is 19.3. The van der Waals surface area contributed by atoms with Crippen molar-refractivity contribution in [2.75, 3.05) is 5.73 Å². The van der Waals surface area contributed by atoms with Crippen LogP contribution in [0.5, 0.6) is 5.75 Å². The summed E-state index contributed by atoms with van der Waals surface area (Å²) in [6, 6.07) is 2.19. The molecule has 2 nitrogen and oxygen atoms in total. The van der Waals surface area contributed by atoms with E-state index in [1.807, 2.05) is 0 Å². The number of nitrogens with two attached hydrogens (primary N) is 1. The Labute approximate surface area is 83.3 Å². The summed E-state index contributed by atoms with van der Waals surface area (Å²) in [5.41, 5.74) is 3.84. The Hall–Kier alpha value is -1.46. The van der Waals surface area contributed by atoms with Gasteiger partial charge in [0.1, 0.15) is 5.75 Å². The first kappa shape index (κ1) is 11.6. The zero-order valence-corrected chi connectivity index (χ0v) is 7.77. The van der Waals surface area contributed by atoms with Gasteiger partial charge in [-0.25, -0.2) is 0 Å². The van der Waals surface area contributed by atoms with Crippen LogP contribution >= 0.6 is 0 Å².